The largest absolute Gasteiger partial charge is 0.551 e. The molecule has 0 unspecified atom stereocenters. The van der Waals surface area contributed by atoms with Gasteiger partial charge in [0.2, 0.25) is 0 Å². The van der Waals surface area contributed by atoms with Gasteiger partial charge in [-0.15, -0.1) is 0 Å². The molecular formula is C12H16F6O3Si. The molecule has 128 valence electrons. The molecule has 1 rings (SSSR count). The average molecular weight is 350 g/mol. The van der Waals surface area contributed by atoms with Gasteiger partial charge in [-0.25, -0.2) is 26.3 Å². The van der Waals surface area contributed by atoms with Crippen molar-refractivity contribution >= 4 is 8.80 Å². The fourth-order valence-corrected chi connectivity index (χ4v) is 4.89. The first-order chi connectivity index (χ1) is 10.2. The Hall–Kier alpha value is -0.843. The SMILES string of the molecule is CCO[Si](OCC)(OCC)[C@]1(F)C(F)=C(F)C(F)=C(F)[C@H]1F. The minimum absolute atomic E-state index is 0.298. The third-order valence-corrected chi connectivity index (χ3v) is 6.31. The van der Waals surface area contributed by atoms with Gasteiger partial charge in [0.05, 0.1) is 0 Å². The van der Waals surface area contributed by atoms with E-state index in [2.05, 4.69) is 0 Å². The van der Waals surface area contributed by atoms with Crippen LogP contribution in [0.4, 0.5) is 26.3 Å². The Morgan fingerprint density at radius 3 is 1.68 bits per heavy atom. The zero-order valence-corrected chi connectivity index (χ0v) is 13.2. The molecule has 0 fully saturated rings. The Morgan fingerprint density at radius 2 is 1.32 bits per heavy atom. The Bertz CT molecular complexity index is 466. The van der Waals surface area contributed by atoms with Crippen LogP contribution in [0, 0.1) is 0 Å². The molecule has 1 aliphatic carbocycles. The van der Waals surface area contributed by atoms with Crippen molar-refractivity contribution in [2.45, 2.75) is 32.2 Å². The summed E-state index contributed by atoms with van der Waals surface area (Å²) in [6.07, 6.45) is -3.48. The Morgan fingerprint density at radius 1 is 0.909 bits per heavy atom. The Labute approximate surface area is 124 Å². The van der Waals surface area contributed by atoms with E-state index in [1.807, 2.05) is 0 Å². The normalized spacial score (nSPS) is 26.9. The zero-order valence-electron chi connectivity index (χ0n) is 12.2. The first-order valence-corrected chi connectivity index (χ1v) is 8.31. The van der Waals surface area contributed by atoms with Crippen LogP contribution >= 0.6 is 0 Å². The van der Waals surface area contributed by atoms with E-state index in [0.29, 0.717) is 0 Å². The van der Waals surface area contributed by atoms with Crippen LogP contribution in [-0.4, -0.2) is 40.1 Å². The van der Waals surface area contributed by atoms with Gasteiger partial charge in [-0.3, -0.25) is 0 Å². The number of hydrogen-bond donors (Lipinski definition) is 0. The van der Waals surface area contributed by atoms with E-state index in [-0.39, 0.29) is 19.8 Å². The minimum Gasteiger partial charge on any atom is -0.372 e. The summed E-state index contributed by atoms with van der Waals surface area (Å²) in [5, 5.41) is -4.04. The minimum atomic E-state index is -4.91. The maximum absolute atomic E-state index is 15.1. The standard InChI is InChI=1S/C12H16F6O3Si/c1-4-19-22(20-5-2,21-6-3)12(18)10(16)8(14)7(13)9(15)11(12)17/h10H,4-6H2,1-3H3/t10-,12+/m1/s1. The highest BCUT2D eigenvalue weighted by atomic mass is 28.4. The van der Waals surface area contributed by atoms with Crippen molar-refractivity contribution in [2.75, 3.05) is 19.8 Å². The first-order valence-electron chi connectivity index (χ1n) is 6.59. The van der Waals surface area contributed by atoms with Gasteiger partial charge in [0.1, 0.15) is 0 Å². The van der Waals surface area contributed by atoms with Crippen molar-refractivity contribution < 1.29 is 39.6 Å². The maximum atomic E-state index is 15.1. The molecule has 3 nitrogen and oxygen atoms in total. The highest BCUT2D eigenvalue weighted by Gasteiger charge is 2.74. The third kappa shape index (κ3) is 2.72. The second-order valence-corrected chi connectivity index (χ2v) is 6.93. The van der Waals surface area contributed by atoms with Crippen LogP contribution in [0.3, 0.4) is 0 Å². The highest BCUT2D eigenvalue weighted by molar-refractivity contribution is 6.65. The van der Waals surface area contributed by atoms with Gasteiger partial charge in [0.25, 0.3) is 5.29 Å². The monoisotopic (exact) mass is 350 g/mol. The van der Waals surface area contributed by atoms with E-state index in [1.165, 1.54) is 20.8 Å². The van der Waals surface area contributed by atoms with Crippen LogP contribution in [0.5, 0.6) is 0 Å². The van der Waals surface area contributed by atoms with Crippen LogP contribution in [0.25, 0.3) is 0 Å². The van der Waals surface area contributed by atoms with Crippen molar-refractivity contribution in [3.05, 3.63) is 23.3 Å². The molecule has 0 radical (unpaired) electrons. The Kier molecular flexibility index (Phi) is 6.24. The predicted molar refractivity (Wildman–Crippen MR) is 67.9 cm³/mol. The average Bonchev–Trinajstić information content (AvgIpc) is 2.49. The summed E-state index contributed by atoms with van der Waals surface area (Å²) in [4.78, 5) is 0. The van der Waals surface area contributed by atoms with Crippen molar-refractivity contribution in [3.63, 3.8) is 0 Å². The lowest BCUT2D eigenvalue weighted by Crippen LogP contribution is -2.68. The van der Waals surface area contributed by atoms with Crippen molar-refractivity contribution in [3.8, 4) is 0 Å². The molecule has 0 heterocycles. The molecule has 0 aromatic heterocycles. The molecule has 0 amide bonds. The lowest BCUT2D eigenvalue weighted by atomic mass is 10.1. The van der Waals surface area contributed by atoms with Gasteiger partial charge in [-0.05, 0) is 20.8 Å². The molecule has 0 spiro atoms. The quantitative estimate of drug-likeness (QED) is 0.514. The highest BCUT2D eigenvalue weighted by Crippen LogP contribution is 2.49. The summed E-state index contributed by atoms with van der Waals surface area (Å²) in [6, 6.07) is 0. The molecule has 2 atom stereocenters. The van der Waals surface area contributed by atoms with E-state index in [0.717, 1.165) is 0 Å². The second-order valence-electron chi connectivity index (χ2n) is 4.22. The van der Waals surface area contributed by atoms with Gasteiger partial charge in [-0.1, -0.05) is 0 Å². The summed E-state index contributed by atoms with van der Waals surface area (Å²) < 4.78 is 98.0. The van der Waals surface area contributed by atoms with Gasteiger partial charge < -0.3 is 13.3 Å². The number of alkyl halides is 2. The van der Waals surface area contributed by atoms with Gasteiger partial charge in [-0.2, -0.15) is 0 Å². The summed E-state index contributed by atoms with van der Waals surface area (Å²) in [5.74, 6) is -9.77. The van der Waals surface area contributed by atoms with E-state index >= 15 is 4.39 Å². The van der Waals surface area contributed by atoms with Crippen molar-refractivity contribution in [1.82, 2.24) is 0 Å². The molecule has 10 heteroatoms. The molecule has 0 saturated carbocycles. The lowest BCUT2D eigenvalue weighted by Gasteiger charge is -2.40. The fourth-order valence-electron chi connectivity index (χ4n) is 2.06. The summed E-state index contributed by atoms with van der Waals surface area (Å²) in [6.45, 7) is 3.16. The number of rotatable bonds is 7. The second kappa shape index (κ2) is 7.15. The molecule has 1 aliphatic rings. The smallest absolute Gasteiger partial charge is 0.372 e. The van der Waals surface area contributed by atoms with E-state index in [1.54, 1.807) is 0 Å². The molecular weight excluding hydrogens is 334 g/mol. The summed E-state index contributed by atoms with van der Waals surface area (Å²) in [7, 11) is -4.91. The topological polar surface area (TPSA) is 27.7 Å². The van der Waals surface area contributed by atoms with Gasteiger partial charge >= 0.3 is 8.80 Å². The molecule has 22 heavy (non-hydrogen) atoms. The van der Waals surface area contributed by atoms with E-state index in [9.17, 15) is 22.0 Å². The molecule has 0 saturated heterocycles. The fraction of sp³-hybridized carbons (Fsp3) is 0.667. The summed E-state index contributed by atoms with van der Waals surface area (Å²) in [5.41, 5.74) is 0. The Balaban J connectivity index is 3.56. The zero-order chi connectivity index (χ0) is 17.1. The predicted octanol–water partition coefficient (Wildman–Crippen LogP) is 3.94. The summed E-state index contributed by atoms with van der Waals surface area (Å²) >= 11 is 0. The first kappa shape index (κ1) is 19.2. The number of allylic oxidation sites excluding steroid dienone is 4. The van der Waals surface area contributed by atoms with E-state index in [4.69, 9.17) is 13.3 Å². The van der Waals surface area contributed by atoms with Crippen LogP contribution in [0.1, 0.15) is 20.8 Å². The third-order valence-electron chi connectivity index (χ3n) is 2.93. The molecule has 0 aromatic carbocycles. The molecule has 0 aliphatic heterocycles. The molecule has 0 N–H and O–H groups in total. The van der Waals surface area contributed by atoms with Crippen LogP contribution in [0.15, 0.2) is 23.3 Å². The van der Waals surface area contributed by atoms with Crippen molar-refractivity contribution in [1.29, 1.82) is 0 Å². The molecule has 0 bridgehead atoms. The van der Waals surface area contributed by atoms with Crippen LogP contribution in [-0.2, 0) is 13.3 Å². The van der Waals surface area contributed by atoms with Crippen molar-refractivity contribution in [2.24, 2.45) is 0 Å². The van der Waals surface area contributed by atoms with Gasteiger partial charge in [0.15, 0.2) is 29.5 Å². The number of hydrogen-bond acceptors (Lipinski definition) is 3. The van der Waals surface area contributed by atoms with E-state index < -0.39 is 43.6 Å². The van der Waals surface area contributed by atoms with Crippen LogP contribution in [0.2, 0.25) is 0 Å². The number of halogens is 6. The van der Waals surface area contributed by atoms with Crippen LogP contribution < -0.4 is 0 Å². The molecule has 0 aromatic rings. The maximum Gasteiger partial charge on any atom is 0.551 e. The lowest BCUT2D eigenvalue weighted by molar-refractivity contribution is -0.0156. The van der Waals surface area contributed by atoms with Gasteiger partial charge in [0, 0.05) is 19.8 Å².